The Kier molecular flexibility index (Phi) is 2.06. The van der Waals surface area contributed by atoms with Gasteiger partial charge in [0.15, 0.2) is 0 Å². The molecule has 12 heavy (non-hydrogen) atoms. The predicted molar refractivity (Wildman–Crippen MR) is 52.7 cm³/mol. The summed E-state index contributed by atoms with van der Waals surface area (Å²) in [6, 6.07) is 3.70. The molecule has 0 aromatic carbocycles. The third kappa shape index (κ3) is 1.23. The molecule has 0 radical (unpaired) electrons. The van der Waals surface area contributed by atoms with Crippen LogP contribution in [0, 0.1) is 0 Å². The molecule has 0 aliphatic rings. The van der Waals surface area contributed by atoms with Crippen molar-refractivity contribution in [2.24, 2.45) is 0 Å². The second kappa shape index (κ2) is 3.06. The molecular weight excluding hydrogens is 286 g/mol. The lowest BCUT2D eigenvalue weighted by Gasteiger charge is -1.97. The molecule has 0 aliphatic heterocycles. The third-order valence-electron chi connectivity index (χ3n) is 1.42. The van der Waals surface area contributed by atoms with Crippen molar-refractivity contribution in [3.05, 3.63) is 27.4 Å². The maximum Gasteiger partial charge on any atom is 0.145 e. The lowest BCUT2D eigenvalue weighted by molar-refractivity contribution is 1.03. The van der Waals surface area contributed by atoms with Gasteiger partial charge in [-0.1, -0.05) is 0 Å². The molecule has 0 N–H and O–H groups in total. The topological polar surface area (TPSA) is 38.7 Å². The SMILES string of the molecule is Brc1nnc2cccnc2c1Br. The van der Waals surface area contributed by atoms with Gasteiger partial charge in [-0.3, -0.25) is 4.98 Å². The van der Waals surface area contributed by atoms with Crippen LogP contribution in [0.25, 0.3) is 11.0 Å². The van der Waals surface area contributed by atoms with Gasteiger partial charge in [0.2, 0.25) is 0 Å². The zero-order chi connectivity index (χ0) is 8.55. The van der Waals surface area contributed by atoms with Gasteiger partial charge in [0.25, 0.3) is 0 Å². The Bertz CT molecular complexity index is 430. The highest BCUT2D eigenvalue weighted by atomic mass is 79.9. The van der Waals surface area contributed by atoms with Gasteiger partial charge in [-0.2, -0.15) is 0 Å². The van der Waals surface area contributed by atoms with Gasteiger partial charge in [0, 0.05) is 6.20 Å². The van der Waals surface area contributed by atoms with E-state index < -0.39 is 0 Å². The molecular formula is C7H3Br2N3. The average Bonchev–Trinajstić information content (AvgIpc) is 2.12. The highest BCUT2D eigenvalue weighted by Gasteiger charge is 2.04. The summed E-state index contributed by atoms with van der Waals surface area (Å²) in [5.74, 6) is 0. The zero-order valence-electron chi connectivity index (χ0n) is 5.83. The van der Waals surface area contributed by atoms with Crippen LogP contribution in [0.5, 0.6) is 0 Å². The van der Waals surface area contributed by atoms with Crippen LogP contribution < -0.4 is 0 Å². The molecule has 0 saturated heterocycles. The Morgan fingerprint density at radius 3 is 2.83 bits per heavy atom. The lowest BCUT2D eigenvalue weighted by atomic mass is 10.3. The van der Waals surface area contributed by atoms with Crippen molar-refractivity contribution in [3.63, 3.8) is 0 Å². The highest BCUT2D eigenvalue weighted by Crippen LogP contribution is 2.25. The molecule has 2 aromatic rings. The Morgan fingerprint density at radius 1 is 1.17 bits per heavy atom. The molecule has 0 fully saturated rings. The number of hydrogen-bond donors (Lipinski definition) is 0. The van der Waals surface area contributed by atoms with Gasteiger partial charge < -0.3 is 0 Å². The van der Waals surface area contributed by atoms with Crippen LogP contribution in [0.2, 0.25) is 0 Å². The number of rotatable bonds is 0. The van der Waals surface area contributed by atoms with Crippen LogP contribution >= 0.6 is 31.9 Å². The quantitative estimate of drug-likeness (QED) is 0.748. The summed E-state index contributed by atoms with van der Waals surface area (Å²) in [6.45, 7) is 0. The molecule has 2 rings (SSSR count). The Hall–Kier alpha value is -0.550. The molecule has 0 unspecified atom stereocenters. The van der Waals surface area contributed by atoms with E-state index in [0.29, 0.717) is 4.60 Å². The van der Waals surface area contributed by atoms with Gasteiger partial charge in [0.05, 0.1) is 4.47 Å². The Labute approximate surface area is 85.5 Å². The van der Waals surface area contributed by atoms with E-state index in [1.807, 2.05) is 12.1 Å². The number of nitrogens with zero attached hydrogens (tertiary/aromatic N) is 3. The summed E-state index contributed by atoms with van der Waals surface area (Å²) in [6.07, 6.45) is 1.72. The summed E-state index contributed by atoms with van der Waals surface area (Å²) < 4.78 is 1.52. The van der Waals surface area contributed by atoms with Gasteiger partial charge in [-0.25, -0.2) is 0 Å². The maximum atomic E-state index is 4.16. The minimum atomic E-state index is 0.675. The number of fused-ring (bicyclic) bond motifs is 1. The van der Waals surface area contributed by atoms with E-state index in [2.05, 4.69) is 47.0 Å². The summed E-state index contributed by atoms with van der Waals surface area (Å²) in [4.78, 5) is 4.16. The normalized spacial score (nSPS) is 10.5. The van der Waals surface area contributed by atoms with Crippen LogP contribution in [0.4, 0.5) is 0 Å². The van der Waals surface area contributed by atoms with Crippen molar-refractivity contribution in [1.82, 2.24) is 15.2 Å². The van der Waals surface area contributed by atoms with Crippen molar-refractivity contribution in [1.29, 1.82) is 0 Å². The second-order valence-electron chi connectivity index (χ2n) is 2.18. The number of pyridine rings is 1. The average molecular weight is 289 g/mol. The van der Waals surface area contributed by atoms with Crippen LogP contribution in [-0.4, -0.2) is 15.2 Å². The van der Waals surface area contributed by atoms with Crippen molar-refractivity contribution >= 4 is 42.9 Å². The predicted octanol–water partition coefficient (Wildman–Crippen LogP) is 2.55. The van der Waals surface area contributed by atoms with Crippen LogP contribution in [0.15, 0.2) is 27.4 Å². The number of aromatic nitrogens is 3. The standard InChI is InChI=1S/C7H3Br2N3/c8-5-6-4(2-1-3-10-6)11-12-7(5)9/h1-3H. The van der Waals surface area contributed by atoms with E-state index in [4.69, 9.17) is 0 Å². The lowest BCUT2D eigenvalue weighted by Crippen LogP contribution is -1.88. The fourth-order valence-electron chi connectivity index (χ4n) is 0.886. The highest BCUT2D eigenvalue weighted by molar-refractivity contribution is 9.13. The molecule has 0 amide bonds. The van der Waals surface area contributed by atoms with Crippen LogP contribution in [0.1, 0.15) is 0 Å². The molecule has 0 bridgehead atoms. The second-order valence-corrected chi connectivity index (χ2v) is 3.72. The van der Waals surface area contributed by atoms with E-state index in [-0.39, 0.29) is 0 Å². The first-order valence-corrected chi connectivity index (χ1v) is 4.80. The van der Waals surface area contributed by atoms with E-state index >= 15 is 0 Å². The van der Waals surface area contributed by atoms with E-state index in [1.54, 1.807) is 6.20 Å². The molecule has 0 spiro atoms. The van der Waals surface area contributed by atoms with Crippen molar-refractivity contribution in [3.8, 4) is 0 Å². The van der Waals surface area contributed by atoms with Crippen molar-refractivity contribution in [2.45, 2.75) is 0 Å². The third-order valence-corrected chi connectivity index (χ3v) is 3.26. The largest absolute Gasteiger partial charge is 0.253 e. The van der Waals surface area contributed by atoms with Gasteiger partial charge in [-0.05, 0) is 44.0 Å². The fourth-order valence-corrected chi connectivity index (χ4v) is 1.54. The molecule has 0 aliphatic carbocycles. The Balaban J connectivity index is 2.91. The molecule has 2 aromatic heterocycles. The summed E-state index contributed by atoms with van der Waals surface area (Å²) >= 11 is 6.62. The van der Waals surface area contributed by atoms with E-state index in [9.17, 15) is 0 Å². The monoisotopic (exact) mass is 287 g/mol. The fraction of sp³-hybridized carbons (Fsp3) is 0. The summed E-state index contributed by atoms with van der Waals surface area (Å²) in [7, 11) is 0. The first-order chi connectivity index (χ1) is 5.79. The maximum absolute atomic E-state index is 4.16. The van der Waals surface area contributed by atoms with E-state index in [0.717, 1.165) is 15.5 Å². The van der Waals surface area contributed by atoms with Gasteiger partial charge in [0.1, 0.15) is 15.6 Å². The summed E-state index contributed by atoms with van der Waals surface area (Å²) in [5, 5.41) is 7.84. The smallest absolute Gasteiger partial charge is 0.145 e. The minimum Gasteiger partial charge on any atom is -0.253 e. The zero-order valence-corrected chi connectivity index (χ0v) is 9.00. The molecule has 5 heteroatoms. The van der Waals surface area contributed by atoms with Crippen LogP contribution in [0.3, 0.4) is 0 Å². The molecule has 0 atom stereocenters. The first-order valence-electron chi connectivity index (χ1n) is 3.21. The summed E-state index contributed by atoms with van der Waals surface area (Å²) in [5.41, 5.74) is 1.60. The molecule has 60 valence electrons. The van der Waals surface area contributed by atoms with Crippen LogP contribution in [-0.2, 0) is 0 Å². The number of halogens is 2. The molecule has 2 heterocycles. The first kappa shape index (κ1) is 8.07. The Morgan fingerprint density at radius 2 is 2.00 bits per heavy atom. The van der Waals surface area contributed by atoms with Gasteiger partial charge >= 0.3 is 0 Å². The van der Waals surface area contributed by atoms with Crippen molar-refractivity contribution < 1.29 is 0 Å². The number of hydrogen-bond acceptors (Lipinski definition) is 3. The molecule has 0 saturated carbocycles. The van der Waals surface area contributed by atoms with Gasteiger partial charge in [-0.15, -0.1) is 10.2 Å². The van der Waals surface area contributed by atoms with Crippen molar-refractivity contribution in [2.75, 3.05) is 0 Å². The van der Waals surface area contributed by atoms with E-state index in [1.165, 1.54) is 0 Å². The molecule has 3 nitrogen and oxygen atoms in total. The minimum absolute atomic E-state index is 0.675.